The first kappa shape index (κ1) is 12.6. The summed E-state index contributed by atoms with van der Waals surface area (Å²) in [5.74, 6) is 0. The minimum Gasteiger partial charge on any atom is -1.00 e. The molecule has 0 saturated heterocycles. The summed E-state index contributed by atoms with van der Waals surface area (Å²) in [5, 5.41) is 18.3. The van der Waals surface area contributed by atoms with Crippen molar-refractivity contribution in [1.29, 1.82) is 0 Å². The predicted molar refractivity (Wildman–Crippen MR) is 44.4 cm³/mol. The largest absolute Gasteiger partial charge is 1.00 e. The van der Waals surface area contributed by atoms with E-state index in [0.717, 1.165) is 0 Å². The van der Waals surface area contributed by atoms with E-state index in [0.29, 0.717) is 0 Å². The topological polar surface area (TPSA) is 44.3 Å². The van der Waals surface area contributed by atoms with Gasteiger partial charge in [0.2, 0.25) is 6.04 Å². The molecule has 2 unspecified atom stereocenters. The molecule has 2 atom stereocenters. The summed E-state index contributed by atoms with van der Waals surface area (Å²) in [7, 11) is 0. The second kappa shape index (κ2) is 6.07. The molecule has 0 amide bonds. The Kier molecular flexibility index (Phi) is 5.86. The van der Waals surface area contributed by atoms with Gasteiger partial charge in [-0.1, -0.05) is 6.07 Å². The summed E-state index contributed by atoms with van der Waals surface area (Å²) in [6.45, 7) is 1.62. The zero-order chi connectivity index (χ0) is 8.97. The van der Waals surface area contributed by atoms with E-state index in [1.807, 2.05) is 30.6 Å². The highest BCUT2D eigenvalue weighted by atomic mass is 79.9. The lowest BCUT2D eigenvalue weighted by molar-refractivity contribution is -0.731. The molecule has 4 heteroatoms. The van der Waals surface area contributed by atoms with Gasteiger partial charge in [0, 0.05) is 12.1 Å². The van der Waals surface area contributed by atoms with Gasteiger partial charge in [-0.15, -0.1) is 0 Å². The first-order valence-corrected chi connectivity index (χ1v) is 4.00. The van der Waals surface area contributed by atoms with Gasteiger partial charge < -0.3 is 27.2 Å². The number of halogens is 1. The Labute approximate surface area is 88.4 Å². The van der Waals surface area contributed by atoms with E-state index in [1.165, 1.54) is 0 Å². The maximum atomic E-state index is 9.28. The summed E-state index contributed by atoms with van der Waals surface area (Å²) in [6, 6.07) is 5.38. The maximum Gasteiger partial charge on any atom is 0.206 e. The first-order chi connectivity index (χ1) is 5.75. The zero-order valence-corrected chi connectivity index (χ0v) is 9.05. The highest BCUT2D eigenvalue weighted by molar-refractivity contribution is 4.84. The van der Waals surface area contributed by atoms with Crippen LogP contribution in [-0.2, 0) is 0 Å². The second-order valence-corrected chi connectivity index (χ2v) is 2.81. The molecule has 0 aromatic carbocycles. The number of aliphatic hydroxyl groups is 2. The highest BCUT2D eigenvalue weighted by Crippen LogP contribution is 2.00. The van der Waals surface area contributed by atoms with E-state index in [2.05, 4.69) is 0 Å². The Morgan fingerprint density at radius 1 is 1.23 bits per heavy atom. The third-order valence-electron chi connectivity index (χ3n) is 1.87. The highest BCUT2D eigenvalue weighted by Gasteiger charge is 2.21. The van der Waals surface area contributed by atoms with E-state index in [1.54, 1.807) is 11.5 Å². The molecule has 0 aliphatic heterocycles. The molecule has 1 aromatic heterocycles. The van der Waals surface area contributed by atoms with Gasteiger partial charge >= 0.3 is 0 Å². The Morgan fingerprint density at radius 2 is 1.77 bits per heavy atom. The number of hydrogen-bond acceptors (Lipinski definition) is 2. The summed E-state index contributed by atoms with van der Waals surface area (Å²) in [6.07, 6.45) is 3.11. The SMILES string of the molecule is CC(O)C(CO)[n+]1ccccc1.[Br-]. The van der Waals surface area contributed by atoms with Crippen molar-refractivity contribution in [2.45, 2.75) is 19.1 Å². The average Bonchev–Trinajstić information content (AvgIpc) is 2.07. The van der Waals surface area contributed by atoms with E-state index in [4.69, 9.17) is 5.11 Å². The van der Waals surface area contributed by atoms with Crippen molar-refractivity contribution in [2.75, 3.05) is 6.61 Å². The van der Waals surface area contributed by atoms with E-state index in [9.17, 15) is 5.11 Å². The Morgan fingerprint density at radius 3 is 2.15 bits per heavy atom. The van der Waals surface area contributed by atoms with Crippen molar-refractivity contribution in [3.63, 3.8) is 0 Å². The number of rotatable bonds is 3. The van der Waals surface area contributed by atoms with Crippen molar-refractivity contribution in [3.8, 4) is 0 Å². The lowest BCUT2D eigenvalue weighted by Gasteiger charge is -2.11. The van der Waals surface area contributed by atoms with Crippen molar-refractivity contribution in [1.82, 2.24) is 0 Å². The molecule has 0 aliphatic rings. The maximum absolute atomic E-state index is 9.28. The van der Waals surface area contributed by atoms with Gasteiger partial charge in [-0.05, 0) is 6.92 Å². The molecule has 1 rings (SSSR count). The Balaban J connectivity index is 0.00000144. The molecule has 0 saturated carbocycles. The van der Waals surface area contributed by atoms with Gasteiger partial charge in [0.1, 0.15) is 12.7 Å². The molecule has 0 radical (unpaired) electrons. The smallest absolute Gasteiger partial charge is 0.206 e. The standard InChI is InChI=1S/C9H14NO2.BrH/c1-8(12)9(7-11)10-5-3-2-4-6-10;/h2-6,8-9,11-12H,7H2,1H3;1H/q+1;/p-1. The Bertz CT molecular complexity index is 228. The lowest BCUT2D eigenvalue weighted by atomic mass is 10.2. The quantitative estimate of drug-likeness (QED) is 0.556. The van der Waals surface area contributed by atoms with Gasteiger partial charge in [0.15, 0.2) is 12.4 Å². The van der Waals surface area contributed by atoms with Crippen LogP contribution < -0.4 is 21.5 Å². The van der Waals surface area contributed by atoms with Crippen molar-refractivity contribution < 1.29 is 31.8 Å². The molecule has 13 heavy (non-hydrogen) atoms. The fraction of sp³-hybridized carbons (Fsp3) is 0.444. The molecule has 2 N–H and O–H groups in total. The van der Waals surface area contributed by atoms with Crippen LogP contribution in [-0.4, -0.2) is 22.9 Å². The van der Waals surface area contributed by atoms with Crippen LogP contribution in [0.25, 0.3) is 0 Å². The number of hydrogen-bond donors (Lipinski definition) is 2. The fourth-order valence-corrected chi connectivity index (χ4v) is 1.13. The molecular weight excluding hydrogens is 234 g/mol. The van der Waals surface area contributed by atoms with E-state index < -0.39 is 6.10 Å². The normalized spacial score (nSPS) is 14.4. The predicted octanol–water partition coefficient (Wildman–Crippen LogP) is -3.11. The molecule has 1 heterocycles. The second-order valence-electron chi connectivity index (χ2n) is 2.81. The van der Waals surface area contributed by atoms with Crippen LogP contribution in [0.1, 0.15) is 13.0 Å². The molecule has 0 bridgehead atoms. The number of aliphatic hydroxyl groups excluding tert-OH is 2. The van der Waals surface area contributed by atoms with Crippen LogP contribution in [0.15, 0.2) is 30.6 Å². The van der Waals surface area contributed by atoms with Crippen LogP contribution in [0, 0.1) is 0 Å². The average molecular weight is 248 g/mol. The minimum atomic E-state index is -0.539. The zero-order valence-electron chi connectivity index (χ0n) is 7.47. The van der Waals surface area contributed by atoms with E-state index >= 15 is 0 Å². The van der Waals surface area contributed by atoms with Crippen molar-refractivity contribution in [2.24, 2.45) is 0 Å². The summed E-state index contributed by atoms with van der Waals surface area (Å²) in [5.41, 5.74) is 0. The van der Waals surface area contributed by atoms with Gasteiger partial charge in [-0.2, -0.15) is 4.57 Å². The molecule has 0 aliphatic carbocycles. The van der Waals surface area contributed by atoms with Crippen LogP contribution in [0.5, 0.6) is 0 Å². The van der Waals surface area contributed by atoms with Crippen LogP contribution >= 0.6 is 0 Å². The van der Waals surface area contributed by atoms with E-state index in [-0.39, 0.29) is 29.6 Å². The molecular formula is C9H14BrNO2. The molecule has 74 valence electrons. The lowest BCUT2D eigenvalue weighted by Crippen LogP contribution is -3.00. The number of pyridine rings is 1. The Hall–Kier alpha value is -0.450. The molecule has 0 spiro atoms. The van der Waals surface area contributed by atoms with Crippen molar-refractivity contribution in [3.05, 3.63) is 30.6 Å². The third-order valence-corrected chi connectivity index (χ3v) is 1.87. The number of nitrogens with zero attached hydrogens (tertiary/aromatic N) is 1. The van der Waals surface area contributed by atoms with Gasteiger partial charge in [0.05, 0.1) is 0 Å². The molecule has 1 aromatic rings. The van der Waals surface area contributed by atoms with Gasteiger partial charge in [-0.3, -0.25) is 0 Å². The van der Waals surface area contributed by atoms with Crippen LogP contribution in [0.4, 0.5) is 0 Å². The number of aromatic nitrogens is 1. The minimum absolute atomic E-state index is 0. The summed E-state index contributed by atoms with van der Waals surface area (Å²) in [4.78, 5) is 0. The first-order valence-electron chi connectivity index (χ1n) is 4.00. The monoisotopic (exact) mass is 247 g/mol. The van der Waals surface area contributed by atoms with Crippen LogP contribution in [0.2, 0.25) is 0 Å². The van der Waals surface area contributed by atoms with Crippen molar-refractivity contribution >= 4 is 0 Å². The van der Waals surface area contributed by atoms with Gasteiger partial charge in [-0.25, -0.2) is 0 Å². The summed E-state index contributed by atoms with van der Waals surface area (Å²) >= 11 is 0. The molecule has 3 nitrogen and oxygen atoms in total. The summed E-state index contributed by atoms with van der Waals surface area (Å²) < 4.78 is 1.80. The molecule has 0 fully saturated rings. The third kappa shape index (κ3) is 3.42. The fourth-order valence-electron chi connectivity index (χ4n) is 1.13. The van der Waals surface area contributed by atoms with Crippen LogP contribution in [0.3, 0.4) is 0 Å². The van der Waals surface area contributed by atoms with Gasteiger partial charge in [0.25, 0.3) is 0 Å².